The minimum atomic E-state index is -0.999. The molecule has 1 aromatic heterocycles. The van der Waals surface area contributed by atoms with Crippen LogP contribution in [0.2, 0.25) is 0 Å². The van der Waals surface area contributed by atoms with E-state index < -0.39 is 5.97 Å². The molecule has 0 spiro atoms. The molecule has 21 heavy (non-hydrogen) atoms. The number of nitrogens with zero attached hydrogens (tertiary/aromatic N) is 2. The van der Waals surface area contributed by atoms with Crippen molar-refractivity contribution >= 4 is 17.6 Å². The van der Waals surface area contributed by atoms with E-state index in [0.29, 0.717) is 28.2 Å². The fourth-order valence-corrected chi connectivity index (χ4v) is 1.91. The molecular weight excluding hydrogens is 270 g/mol. The number of amides is 1. The van der Waals surface area contributed by atoms with Crippen molar-refractivity contribution < 1.29 is 14.7 Å². The van der Waals surface area contributed by atoms with Crippen molar-refractivity contribution in [2.24, 2.45) is 0 Å². The summed E-state index contributed by atoms with van der Waals surface area (Å²) in [5.41, 5.74) is 3.08. The Kier molecular flexibility index (Phi) is 3.98. The Morgan fingerprint density at radius 3 is 2.43 bits per heavy atom. The Morgan fingerprint density at radius 2 is 1.81 bits per heavy atom. The van der Waals surface area contributed by atoms with E-state index in [1.165, 1.54) is 12.1 Å². The third kappa shape index (κ3) is 3.22. The number of hydrogen-bond acceptors (Lipinski definition) is 4. The van der Waals surface area contributed by atoms with Crippen molar-refractivity contribution in [2.75, 3.05) is 5.32 Å². The largest absolute Gasteiger partial charge is 0.478 e. The molecule has 0 atom stereocenters. The first kappa shape index (κ1) is 14.6. The van der Waals surface area contributed by atoms with Crippen LogP contribution in [0.25, 0.3) is 0 Å². The molecule has 2 rings (SSSR count). The predicted octanol–water partition coefficient (Wildman–Crippen LogP) is 2.35. The maximum Gasteiger partial charge on any atom is 0.335 e. The minimum absolute atomic E-state index is 0.183. The number of aromatic nitrogens is 2. The fourth-order valence-electron chi connectivity index (χ4n) is 1.91. The summed E-state index contributed by atoms with van der Waals surface area (Å²) < 4.78 is 0. The van der Waals surface area contributed by atoms with Gasteiger partial charge in [0.25, 0.3) is 5.91 Å². The molecule has 0 aliphatic heterocycles. The molecule has 1 aromatic carbocycles. The van der Waals surface area contributed by atoms with Gasteiger partial charge in [0.15, 0.2) is 0 Å². The van der Waals surface area contributed by atoms with Gasteiger partial charge >= 0.3 is 5.97 Å². The molecule has 1 amide bonds. The second-order valence-electron chi connectivity index (χ2n) is 4.77. The first-order chi connectivity index (χ1) is 9.88. The molecule has 0 aliphatic carbocycles. The Hall–Kier alpha value is -2.76. The van der Waals surface area contributed by atoms with Crippen LogP contribution in [0.3, 0.4) is 0 Å². The molecule has 0 saturated heterocycles. The average molecular weight is 285 g/mol. The topological polar surface area (TPSA) is 92.2 Å². The van der Waals surface area contributed by atoms with Gasteiger partial charge in [0.05, 0.1) is 22.5 Å². The third-order valence-corrected chi connectivity index (χ3v) is 3.07. The summed E-state index contributed by atoms with van der Waals surface area (Å²) in [5, 5.41) is 19.5. The van der Waals surface area contributed by atoms with Crippen LogP contribution < -0.4 is 5.32 Å². The molecule has 2 N–H and O–H groups in total. The van der Waals surface area contributed by atoms with Gasteiger partial charge < -0.3 is 10.4 Å². The smallest absolute Gasteiger partial charge is 0.335 e. The second-order valence-corrected chi connectivity index (χ2v) is 4.77. The molecule has 0 unspecified atom stereocenters. The summed E-state index contributed by atoms with van der Waals surface area (Å²) in [7, 11) is 0. The van der Waals surface area contributed by atoms with Crippen molar-refractivity contribution in [3.05, 3.63) is 52.3 Å². The van der Waals surface area contributed by atoms with Gasteiger partial charge in [-0.15, -0.1) is 0 Å². The minimum Gasteiger partial charge on any atom is -0.478 e. The number of nitrogens with one attached hydrogen (secondary N) is 1. The fraction of sp³-hybridized carbons (Fsp3) is 0.200. The monoisotopic (exact) mass is 285 g/mol. The number of carboxylic acid groups (broad SMARTS) is 1. The normalized spacial score (nSPS) is 10.2. The van der Waals surface area contributed by atoms with Gasteiger partial charge in [-0.05, 0) is 50.6 Å². The highest BCUT2D eigenvalue weighted by Gasteiger charge is 2.13. The standard InChI is InChI=1S/C15H15N3O3/c1-8-6-11(15(20)21)4-5-13(8)16-14(19)12-7-9(2)17-18-10(12)3/h4-7H,1-3H3,(H,16,19)(H,20,21). The number of carboxylic acids is 1. The maximum atomic E-state index is 12.3. The van der Waals surface area contributed by atoms with Crippen molar-refractivity contribution in [3.63, 3.8) is 0 Å². The molecular formula is C15H15N3O3. The Labute approximate surface area is 121 Å². The number of carbonyl (C=O) groups is 2. The Balaban J connectivity index is 2.27. The molecule has 0 radical (unpaired) electrons. The Morgan fingerprint density at radius 1 is 1.10 bits per heavy atom. The number of aryl methyl sites for hydroxylation is 3. The molecule has 6 heteroatoms. The molecule has 108 valence electrons. The second kappa shape index (κ2) is 5.70. The Bertz CT molecular complexity index is 726. The van der Waals surface area contributed by atoms with Crippen molar-refractivity contribution in [2.45, 2.75) is 20.8 Å². The van der Waals surface area contributed by atoms with E-state index in [9.17, 15) is 9.59 Å². The van der Waals surface area contributed by atoms with E-state index in [1.807, 2.05) is 0 Å². The summed E-state index contributed by atoms with van der Waals surface area (Å²) in [6, 6.07) is 6.21. The summed E-state index contributed by atoms with van der Waals surface area (Å²) in [6.07, 6.45) is 0. The van der Waals surface area contributed by atoms with Crippen LogP contribution in [-0.4, -0.2) is 27.2 Å². The van der Waals surface area contributed by atoms with E-state index in [0.717, 1.165) is 0 Å². The lowest BCUT2D eigenvalue weighted by Gasteiger charge is -2.10. The highest BCUT2D eigenvalue weighted by atomic mass is 16.4. The number of anilines is 1. The zero-order chi connectivity index (χ0) is 15.6. The van der Waals surface area contributed by atoms with Crippen LogP contribution in [0, 0.1) is 20.8 Å². The molecule has 0 saturated carbocycles. The summed E-state index contributed by atoms with van der Waals surface area (Å²) >= 11 is 0. The molecule has 0 bridgehead atoms. The first-order valence-corrected chi connectivity index (χ1v) is 6.34. The highest BCUT2D eigenvalue weighted by Crippen LogP contribution is 2.18. The van der Waals surface area contributed by atoms with Crippen molar-refractivity contribution in [3.8, 4) is 0 Å². The number of aromatic carboxylic acids is 1. The third-order valence-electron chi connectivity index (χ3n) is 3.07. The van der Waals surface area contributed by atoms with Gasteiger partial charge in [-0.2, -0.15) is 10.2 Å². The van der Waals surface area contributed by atoms with Crippen molar-refractivity contribution in [1.29, 1.82) is 0 Å². The van der Waals surface area contributed by atoms with Gasteiger partial charge in [0, 0.05) is 5.69 Å². The van der Waals surface area contributed by atoms with Gasteiger partial charge in [-0.3, -0.25) is 4.79 Å². The first-order valence-electron chi connectivity index (χ1n) is 6.34. The number of rotatable bonds is 3. The van der Waals surface area contributed by atoms with E-state index in [-0.39, 0.29) is 11.5 Å². The van der Waals surface area contributed by atoms with E-state index in [4.69, 9.17) is 5.11 Å². The molecule has 1 heterocycles. The predicted molar refractivity (Wildman–Crippen MR) is 77.6 cm³/mol. The zero-order valence-corrected chi connectivity index (χ0v) is 12.0. The SMILES string of the molecule is Cc1cc(C(=O)Nc2ccc(C(=O)O)cc2C)c(C)nn1. The van der Waals surface area contributed by atoms with Gasteiger partial charge in [-0.1, -0.05) is 0 Å². The van der Waals surface area contributed by atoms with Crippen LogP contribution in [0.4, 0.5) is 5.69 Å². The van der Waals surface area contributed by atoms with Gasteiger partial charge in [0.2, 0.25) is 0 Å². The molecule has 0 aliphatic rings. The summed E-state index contributed by atoms with van der Waals surface area (Å²) in [5.74, 6) is -1.29. The summed E-state index contributed by atoms with van der Waals surface area (Å²) in [6.45, 7) is 5.21. The lowest BCUT2D eigenvalue weighted by atomic mass is 10.1. The van der Waals surface area contributed by atoms with Crippen LogP contribution in [0.1, 0.15) is 37.7 Å². The molecule has 6 nitrogen and oxygen atoms in total. The number of carbonyl (C=O) groups excluding carboxylic acids is 1. The molecule has 0 fully saturated rings. The van der Waals surface area contributed by atoms with Crippen LogP contribution in [0.5, 0.6) is 0 Å². The van der Waals surface area contributed by atoms with Crippen LogP contribution in [-0.2, 0) is 0 Å². The highest BCUT2D eigenvalue weighted by molar-refractivity contribution is 6.05. The van der Waals surface area contributed by atoms with Crippen LogP contribution in [0.15, 0.2) is 24.3 Å². The summed E-state index contributed by atoms with van der Waals surface area (Å²) in [4.78, 5) is 23.2. The van der Waals surface area contributed by atoms with Gasteiger partial charge in [0.1, 0.15) is 0 Å². The average Bonchev–Trinajstić information content (AvgIpc) is 2.43. The maximum absolute atomic E-state index is 12.3. The molecule has 2 aromatic rings. The van der Waals surface area contributed by atoms with E-state index >= 15 is 0 Å². The number of benzene rings is 1. The quantitative estimate of drug-likeness (QED) is 0.903. The lowest BCUT2D eigenvalue weighted by Crippen LogP contribution is -2.16. The van der Waals surface area contributed by atoms with Gasteiger partial charge in [-0.25, -0.2) is 4.79 Å². The van der Waals surface area contributed by atoms with E-state index in [1.54, 1.807) is 32.9 Å². The van der Waals surface area contributed by atoms with Crippen LogP contribution >= 0.6 is 0 Å². The number of hydrogen-bond donors (Lipinski definition) is 2. The van der Waals surface area contributed by atoms with E-state index in [2.05, 4.69) is 15.5 Å². The lowest BCUT2D eigenvalue weighted by molar-refractivity contribution is 0.0696. The van der Waals surface area contributed by atoms with Crippen molar-refractivity contribution in [1.82, 2.24) is 10.2 Å². The zero-order valence-electron chi connectivity index (χ0n) is 12.0.